The van der Waals surface area contributed by atoms with Gasteiger partial charge < -0.3 is 14.9 Å². The molecule has 8 rings (SSSR count). The Balaban J connectivity index is 0.000000128. The van der Waals surface area contributed by atoms with Crippen molar-refractivity contribution in [2.45, 2.75) is 0 Å². The Kier molecular flexibility index (Phi) is 6.50. The van der Waals surface area contributed by atoms with Gasteiger partial charge in [-0.2, -0.15) is 0 Å². The molecule has 6 heterocycles. The highest BCUT2D eigenvalue weighted by atomic mass is 35.5. The van der Waals surface area contributed by atoms with Crippen LogP contribution in [0.15, 0.2) is 68.8 Å². The van der Waals surface area contributed by atoms with E-state index in [0.717, 1.165) is 77.7 Å². The first-order chi connectivity index (χ1) is 18.6. The summed E-state index contributed by atoms with van der Waals surface area (Å²) in [4.78, 5) is 16.6. The number of aliphatic imine (C=N–C) groups is 2. The maximum atomic E-state index is 13.7. The summed E-state index contributed by atoms with van der Waals surface area (Å²) in [6.07, 6.45) is 0. The molecule has 11 heteroatoms. The smallest absolute Gasteiger partial charge is 0.168 e. The molecule has 5 nitrogen and oxygen atoms in total. The number of hydrogen-bond acceptors (Lipinski definition) is 9. The predicted molar refractivity (Wildman–Crippen MR) is 164 cm³/mol. The highest BCUT2D eigenvalue weighted by Gasteiger charge is 2.33. The second kappa shape index (κ2) is 10.0. The number of hydrogen-bond donors (Lipinski definition) is 1. The molecule has 0 aliphatic carbocycles. The summed E-state index contributed by atoms with van der Waals surface area (Å²) in [6, 6.07) is 15.3. The fourth-order valence-corrected chi connectivity index (χ4v) is 9.51. The molecule has 0 atom stereocenters. The molecule has 4 aliphatic heterocycles. The Bertz CT molecular complexity index is 1720. The van der Waals surface area contributed by atoms with Gasteiger partial charge in [0.25, 0.3) is 0 Å². The molecule has 2 aromatic heterocycles. The van der Waals surface area contributed by atoms with Gasteiger partial charge in [0.15, 0.2) is 10.3 Å². The number of amidine groups is 2. The number of thioether (sulfide) groups is 2. The molecule has 0 bridgehead atoms. The minimum absolute atomic E-state index is 0.0531. The summed E-state index contributed by atoms with van der Waals surface area (Å²) in [5.74, 6) is -0.142. The maximum Gasteiger partial charge on any atom is 0.168 e. The maximum absolute atomic E-state index is 13.7. The van der Waals surface area contributed by atoms with Crippen LogP contribution in [0.3, 0.4) is 0 Å². The average molecular weight is 599 g/mol. The fraction of sp³-hybridized carbons (Fsp3) is 0.185. The fourth-order valence-electron chi connectivity index (χ4n) is 4.82. The summed E-state index contributed by atoms with van der Waals surface area (Å²) < 4.78 is 15.9. The van der Waals surface area contributed by atoms with Gasteiger partial charge in [-0.05, 0) is 36.4 Å². The molecule has 1 N–H and O–H groups in total. The minimum Gasteiger partial charge on any atom is -0.391 e. The summed E-state index contributed by atoms with van der Waals surface area (Å²) in [7, 11) is 0. The van der Waals surface area contributed by atoms with E-state index in [-0.39, 0.29) is 12.4 Å². The van der Waals surface area contributed by atoms with Crippen molar-refractivity contribution in [2.75, 3.05) is 32.8 Å². The van der Waals surface area contributed by atoms with E-state index in [0.29, 0.717) is 5.39 Å². The Morgan fingerprint density at radius 2 is 1.61 bits per heavy atom. The van der Waals surface area contributed by atoms with Crippen molar-refractivity contribution in [3.05, 3.63) is 79.4 Å². The van der Waals surface area contributed by atoms with Crippen molar-refractivity contribution < 1.29 is 9.50 Å². The second-order valence-electron chi connectivity index (χ2n) is 8.81. The van der Waals surface area contributed by atoms with Crippen molar-refractivity contribution in [1.29, 1.82) is 0 Å². The van der Waals surface area contributed by atoms with E-state index >= 15 is 0 Å². The van der Waals surface area contributed by atoms with Crippen molar-refractivity contribution in [3.8, 4) is 0 Å². The van der Waals surface area contributed by atoms with E-state index in [1.165, 1.54) is 10.8 Å². The van der Waals surface area contributed by atoms with Crippen LogP contribution in [0.25, 0.3) is 31.6 Å². The third-order valence-electron chi connectivity index (χ3n) is 6.56. The first kappa shape index (κ1) is 24.7. The van der Waals surface area contributed by atoms with E-state index in [4.69, 9.17) is 11.6 Å². The van der Waals surface area contributed by atoms with E-state index < -0.39 is 0 Å². The van der Waals surface area contributed by atoms with Crippen molar-refractivity contribution >= 4 is 99.7 Å². The molecule has 0 fully saturated rings. The quantitative estimate of drug-likeness (QED) is 0.266. The van der Waals surface area contributed by atoms with Crippen molar-refractivity contribution in [1.82, 2.24) is 9.80 Å². The third kappa shape index (κ3) is 4.18. The lowest BCUT2D eigenvalue weighted by atomic mass is 10.2. The van der Waals surface area contributed by atoms with Crippen LogP contribution in [0.2, 0.25) is 5.02 Å². The number of benzene rings is 2. The number of fused-ring (bicyclic) bond motifs is 4. The van der Waals surface area contributed by atoms with Crippen LogP contribution >= 0.6 is 57.8 Å². The van der Waals surface area contributed by atoms with Crippen LogP contribution in [0.5, 0.6) is 0 Å². The molecule has 0 amide bonds. The second-order valence-corrected chi connectivity index (χ2v) is 13.3. The van der Waals surface area contributed by atoms with Gasteiger partial charge in [-0.15, -0.1) is 22.7 Å². The monoisotopic (exact) mass is 598 g/mol. The first-order valence-corrected chi connectivity index (χ1v) is 15.7. The molecule has 0 unspecified atom stereocenters. The zero-order chi connectivity index (χ0) is 25.8. The molecular weight excluding hydrogens is 579 g/mol. The number of halogens is 2. The molecule has 0 saturated carbocycles. The van der Waals surface area contributed by atoms with Gasteiger partial charge in [0, 0.05) is 48.6 Å². The summed E-state index contributed by atoms with van der Waals surface area (Å²) in [5, 5.41) is 16.4. The normalized spacial score (nSPS) is 18.1. The molecule has 0 radical (unpaired) electrons. The van der Waals surface area contributed by atoms with Crippen LogP contribution in [0.1, 0.15) is 9.75 Å². The molecule has 2 aromatic carbocycles. The number of aliphatic hydroxyl groups excluding tert-OH is 1. The van der Waals surface area contributed by atoms with Crippen LogP contribution in [-0.4, -0.2) is 58.0 Å². The number of nitrogens with zero attached hydrogens (tertiary/aromatic N) is 4. The molecule has 0 saturated heterocycles. The lowest BCUT2D eigenvalue weighted by molar-refractivity contribution is 0.339. The van der Waals surface area contributed by atoms with E-state index in [1.54, 1.807) is 52.3 Å². The van der Waals surface area contributed by atoms with Crippen molar-refractivity contribution in [3.63, 3.8) is 0 Å². The first-order valence-electron chi connectivity index (χ1n) is 12.0. The van der Waals surface area contributed by atoms with Gasteiger partial charge in [0.2, 0.25) is 0 Å². The van der Waals surface area contributed by atoms with E-state index in [9.17, 15) is 9.50 Å². The highest BCUT2D eigenvalue weighted by Crippen LogP contribution is 2.45. The molecular formula is C27H20ClFN4OS4. The zero-order valence-electron chi connectivity index (χ0n) is 19.9. The molecule has 4 aromatic rings. The average Bonchev–Trinajstić information content (AvgIpc) is 3.73. The third-order valence-corrected chi connectivity index (χ3v) is 11.1. The standard InChI is InChI=1S/C14H11ClN2OS2.C13H9FN2S2/c15-9-2-1-3-10-8(9)6-11(19-10)13-12(7-18)20-14-16-4-5-17(13)14;14-9-2-1-3-11-8(9)6-12(18-11)10-7-17-13-15-4-5-16(10)13/h1-3,6,18H,4-5,7H2;1-3,6-7H,4-5H2. The van der Waals surface area contributed by atoms with Crippen LogP contribution in [0, 0.1) is 5.82 Å². The lowest BCUT2D eigenvalue weighted by Gasteiger charge is -2.15. The Morgan fingerprint density at radius 3 is 2.39 bits per heavy atom. The summed E-state index contributed by atoms with van der Waals surface area (Å²) in [5.41, 5.74) is 2.27. The van der Waals surface area contributed by atoms with E-state index in [1.807, 2.05) is 24.3 Å². The van der Waals surface area contributed by atoms with Gasteiger partial charge in [-0.3, -0.25) is 9.98 Å². The Morgan fingerprint density at radius 1 is 0.895 bits per heavy atom. The van der Waals surface area contributed by atoms with E-state index in [2.05, 4.69) is 37.3 Å². The van der Waals surface area contributed by atoms with Gasteiger partial charge in [0.1, 0.15) is 5.82 Å². The van der Waals surface area contributed by atoms with Gasteiger partial charge >= 0.3 is 0 Å². The SMILES string of the molecule is Fc1cccc2sc(C3=CSC4=NCCN34)cc12.OCC1=C(c2cc3c(Cl)cccc3s2)N2CCN=C2S1. The van der Waals surface area contributed by atoms with Gasteiger partial charge in [0.05, 0.1) is 40.8 Å². The zero-order valence-corrected chi connectivity index (χ0v) is 23.9. The van der Waals surface area contributed by atoms with Crippen LogP contribution < -0.4 is 0 Å². The predicted octanol–water partition coefficient (Wildman–Crippen LogP) is 7.39. The lowest BCUT2D eigenvalue weighted by Crippen LogP contribution is -2.19. The Hall–Kier alpha value is -2.34. The number of aliphatic hydroxyl groups is 1. The largest absolute Gasteiger partial charge is 0.391 e. The molecule has 192 valence electrons. The number of rotatable bonds is 3. The van der Waals surface area contributed by atoms with Crippen molar-refractivity contribution in [2.24, 2.45) is 9.98 Å². The van der Waals surface area contributed by atoms with Gasteiger partial charge in [-0.25, -0.2) is 4.39 Å². The van der Waals surface area contributed by atoms with Crippen LogP contribution in [0.4, 0.5) is 4.39 Å². The summed E-state index contributed by atoms with van der Waals surface area (Å²) in [6.45, 7) is 3.57. The topological polar surface area (TPSA) is 51.4 Å². The number of thiophene rings is 2. The molecule has 0 spiro atoms. The Labute approximate surface area is 240 Å². The minimum atomic E-state index is -0.142. The highest BCUT2D eigenvalue weighted by molar-refractivity contribution is 8.17. The molecule has 4 aliphatic rings. The van der Waals surface area contributed by atoms with Gasteiger partial charge in [-0.1, -0.05) is 47.3 Å². The molecule has 38 heavy (non-hydrogen) atoms. The summed E-state index contributed by atoms with van der Waals surface area (Å²) >= 11 is 12.8. The van der Waals surface area contributed by atoms with Crippen LogP contribution in [-0.2, 0) is 0 Å².